The van der Waals surface area contributed by atoms with Crippen molar-refractivity contribution >= 4 is 17.9 Å². The Morgan fingerprint density at radius 2 is 1.54 bits per heavy atom. The van der Waals surface area contributed by atoms with Gasteiger partial charge in [-0.25, -0.2) is 14.4 Å². The van der Waals surface area contributed by atoms with Crippen LogP contribution in [0.2, 0.25) is 0 Å². The Balaban J connectivity index is 3.12. The van der Waals surface area contributed by atoms with E-state index in [4.69, 9.17) is 24.4 Å². The van der Waals surface area contributed by atoms with Crippen LogP contribution in [0, 0.1) is 0 Å². The normalized spacial score (nSPS) is 32.6. The molecule has 0 fully saturated rings. The minimum Gasteiger partial charge on any atom is -0.478 e. The van der Waals surface area contributed by atoms with Gasteiger partial charge in [-0.3, -0.25) is 0 Å². The summed E-state index contributed by atoms with van der Waals surface area (Å²) in [4.78, 5) is 33.4. The van der Waals surface area contributed by atoms with E-state index in [1.54, 1.807) is 26.8 Å². The molecule has 1 aliphatic heterocycles. The van der Waals surface area contributed by atoms with Crippen molar-refractivity contribution in [3.8, 4) is 0 Å². The van der Waals surface area contributed by atoms with Gasteiger partial charge in [0.15, 0.2) is 0 Å². The number of rotatable bonds is 4. The van der Waals surface area contributed by atoms with Crippen molar-refractivity contribution in [2.45, 2.75) is 57.7 Å². The number of carboxylic acid groups (broad SMARTS) is 2. The zero-order chi connectivity index (χ0) is 19.7. The van der Waals surface area contributed by atoms with E-state index in [-0.39, 0.29) is 6.10 Å². The summed E-state index contributed by atoms with van der Waals surface area (Å²) < 4.78 is 16.9. The van der Waals surface area contributed by atoms with Gasteiger partial charge in [0.2, 0.25) is 0 Å². The van der Waals surface area contributed by atoms with E-state index in [9.17, 15) is 14.4 Å². The van der Waals surface area contributed by atoms with Crippen LogP contribution < -0.4 is 0 Å². The van der Waals surface area contributed by atoms with E-state index in [1.165, 1.54) is 18.2 Å². The second kappa shape index (κ2) is 10.5. The number of ether oxygens (including phenoxy) is 3. The van der Waals surface area contributed by atoms with Crippen molar-refractivity contribution in [1.29, 1.82) is 0 Å². The Morgan fingerprint density at radius 3 is 2.08 bits per heavy atom. The number of hydrogen-bond donors (Lipinski definition) is 2. The van der Waals surface area contributed by atoms with Crippen LogP contribution in [-0.2, 0) is 28.6 Å². The number of aliphatic carboxylic acids is 2. The van der Waals surface area contributed by atoms with E-state index in [2.05, 4.69) is 0 Å². The molecule has 0 radical (unpaired) electrons. The predicted molar refractivity (Wildman–Crippen MR) is 91.5 cm³/mol. The number of esters is 1. The lowest BCUT2D eigenvalue weighted by Gasteiger charge is -2.30. The van der Waals surface area contributed by atoms with Gasteiger partial charge in [0.1, 0.15) is 18.3 Å². The Morgan fingerprint density at radius 1 is 1.00 bits per heavy atom. The van der Waals surface area contributed by atoms with E-state index < -0.39 is 42.3 Å². The average molecular weight is 368 g/mol. The van der Waals surface area contributed by atoms with Crippen LogP contribution in [0.3, 0.4) is 0 Å². The predicted octanol–water partition coefficient (Wildman–Crippen LogP) is 1.71. The molecular formula is C18H24O8. The zero-order valence-corrected chi connectivity index (χ0v) is 14.9. The molecule has 8 heteroatoms. The molecule has 2 N–H and O–H groups in total. The third kappa shape index (κ3) is 8.09. The van der Waals surface area contributed by atoms with Gasteiger partial charge in [0, 0.05) is 18.2 Å². The summed E-state index contributed by atoms with van der Waals surface area (Å²) in [6, 6.07) is 0. The quantitative estimate of drug-likeness (QED) is 0.568. The number of carboxylic acids is 2. The van der Waals surface area contributed by atoms with Crippen LogP contribution in [0.25, 0.3) is 0 Å². The van der Waals surface area contributed by atoms with Crippen LogP contribution in [0.5, 0.6) is 0 Å². The Bertz CT molecular complexity index is 592. The summed E-state index contributed by atoms with van der Waals surface area (Å²) in [6.45, 7) is 5.02. The first-order chi connectivity index (χ1) is 12.2. The fraction of sp³-hybridized carbons (Fsp3) is 0.500. The maximum atomic E-state index is 11.8. The highest BCUT2D eigenvalue weighted by atomic mass is 16.6. The molecule has 0 aromatic heterocycles. The van der Waals surface area contributed by atoms with Gasteiger partial charge in [0.05, 0.1) is 12.2 Å². The topological polar surface area (TPSA) is 119 Å². The molecule has 26 heavy (non-hydrogen) atoms. The first kappa shape index (κ1) is 21.6. The molecule has 8 nitrogen and oxygen atoms in total. The molecule has 144 valence electrons. The summed E-state index contributed by atoms with van der Waals surface area (Å²) in [5.41, 5.74) is 0. The molecule has 1 rings (SSSR count). The molecule has 0 bridgehead atoms. The summed E-state index contributed by atoms with van der Waals surface area (Å²) in [5.74, 6) is -2.86. The minimum absolute atomic E-state index is 0.307. The highest BCUT2D eigenvalue weighted by Crippen LogP contribution is 2.17. The molecule has 1 heterocycles. The number of hydrogen-bond acceptors (Lipinski definition) is 6. The highest BCUT2D eigenvalue weighted by Gasteiger charge is 2.27. The smallest absolute Gasteiger partial charge is 0.330 e. The first-order valence-corrected chi connectivity index (χ1v) is 8.19. The molecule has 0 aliphatic carbocycles. The van der Waals surface area contributed by atoms with E-state index in [1.807, 2.05) is 0 Å². The van der Waals surface area contributed by atoms with Crippen LogP contribution >= 0.6 is 0 Å². The van der Waals surface area contributed by atoms with E-state index >= 15 is 0 Å². The van der Waals surface area contributed by atoms with Crippen LogP contribution in [0.1, 0.15) is 27.2 Å². The average Bonchev–Trinajstić information content (AvgIpc) is 2.53. The standard InChI is InChI=1S/C18H24O8/c1-11-5-4-6-18(23)26-13(3)15(8-10-17(21)22)25-12(2)14(24-11)7-9-16(19)20/h4,6-15H,5H2,1-3H3,(H,19,20)(H,21,22)/b6-4+,9-7+,10-8+. The van der Waals surface area contributed by atoms with Gasteiger partial charge >= 0.3 is 17.9 Å². The Labute approximate surface area is 151 Å². The van der Waals surface area contributed by atoms with Crippen molar-refractivity contribution in [1.82, 2.24) is 0 Å². The van der Waals surface area contributed by atoms with Gasteiger partial charge in [-0.05, 0) is 39.3 Å². The number of cyclic esters (lactones) is 1. The van der Waals surface area contributed by atoms with Gasteiger partial charge in [-0.2, -0.15) is 0 Å². The largest absolute Gasteiger partial charge is 0.478 e. The first-order valence-electron chi connectivity index (χ1n) is 8.19. The summed E-state index contributed by atoms with van der Waals surface area (Å²) in [7, 11) is 0. The summed E-state index contributed by atoms with van der Waals surface area (Å²) in [5, 5.41) is 17.7. The second-order valence-electron chi connectivity index (χ2n) is 5.89. The maximum absolute atomic E-state index is 11.8. The molecule has 0 saturated heterocycles. The van der Waals surface area contributed by atoms with Crippen molar-refractivity contribution in [3.05, 3.63) is 36.5 Å². The lowest BCUT2D eigenvalue weighted by Crippen LogP contribution is -2.38. The van der Waals surface area contributed by atoms with Crippen molar-refractivity contribution in [3.63, 3.8) is 0 Å². The van der Waals surface area contributed by atoms with Crippen LogP contribution in [0.4, 0.5) is 0 Å². The summed E-state index contributed by atoms with van der Waals surface area (Å²) >= 11 is 0. The van der Waals surface area contributed by atoms with Crippen LogP contribution in [0.15, 0.2) is 36.5 Å². The molecule has 5 unspecified atom stereocenters. The zero-order valence-electron chi connectivity index (χ0n) is 14.9. The Kier molecular flexibility index (Phi) is 8.74. The van der Waals surface area contributed by atoms with Gasteiger partial charge in [-0.1, -0.05) is 6.08 Å². The fourth-order valence-corrected chi connectivity index (χ4v) is 2.27. The lowest BCUT2D eigenvalue weighted by atomic mass is 10.1. The van der Waals surface area contributed by atoms with E-state index in [0.717, 1.165) is 12.2 Å². The highest BCUT2D eigenvalue weighted by molar-refractivity contribution is 5.82. The van der Waals surface area contributed by atoms with Gasteiger partial charge in [0.25, 0.3) is 0 Å². The minimum atomic E-state index is -1.17. The lowest BCUT2D eigenvalue weighted by molar-refractivity contribution is -0.154. The number of carbonyl (C=O) groups is 3. The third-order valence-corrected chi connectivity index (χ3v) is 3.57. The third-order valence-electron chi connectivity index (χ3n) is 3.57. The molecular weight excluding hydrogens is 344 g/mol. The Hall–Kier alpha value is -2.45. The molecule has 5 atom stereocenters. The van der Waals surface area contributed by atoms with E-state index in [0.29, 0.717) is 6.42 Å². The van der Waals surface area contributed by atoms with Crippen molar-refractivity contribution in [2.24, 2.45) is 0 Å². The van der Waals surface area contributed by atoms with Gasteiger partial charge in [-0.15, -0.1) is 0 Å². The number of carbonyl (C=O) groups excluding carboxylic acids is 1. The van der Waals surface area contributed by atoms with Crippen LogP contribution in [-0.4, -0.2) is 58.6 Å². The SMILES string of the molecule is CC1C/C=C/C(=O)OC(C)C(/C=C/C(=O)O)OC(C)C(/C=C/C(=O)O)O1. The second-order valence-corrected chi connectivity index (χ2v) is 5.89. The molecule has 0 spiro atoms. The molecule has 1 aliphatic rings. The molecule has 0 amide bonds. The van der Waals surface area contributed by atoms with Crippen molar-refractivity contribution in [2.75, 3.05) is 0 Å². The van der Waals surface area contributed by atoms with Crippen molar-refractivity contribution < 1.29 is 38.8 Å². The molecule has 0 aromatic rings. The summed E-state index contributed by atoms with van der Waals surface area (Å²) in [6.07, 6.45) is 4.58. The van der Waals surface area contributed by atoms with Gasteiger partial charge < -0.3 is 24.4 Å². The fourth-order valence-electron chi connectivity index (χ4n) is 2.27. The monoisotopic (exact) mass is 368 g/mol. The molecule has 0 aromatic carbocycles. The molecule has 0 saturated carbocycles. The maximum Gasteiger partial charge on any atom is 0.330 e.